The van der Waals surface area contributed by atoms with Gasteiger partial charge >= 0.3 is 0 Å². The second-order valence-electron chi connectivity index (χ2n) is 4.07. The van der Waals surface area contributed by atoms with Crippen molar-refractivity contribution < 1.29 is 19.7 Å². The third kappa shape index (κ3) is 6.23. The second-order valence-corrected chi connectivity index (χ2v) is 7.53. The lowest BCUT2D eigenvalue weighted by Gasteiger charge is -2.19. The molecule has 1 unspecified atom stereocenters. The Balaban J connectivity index is 3.82. The van der Waals surface area contributed by atoms with E-state index in [9.17, 15) is 19.7 Å². The summed E-state index contributed by atoms with van der Waals surface area (Å²) in [5.74, 6) is -1.33. The van der Waals surface area contributed by atoms with Gasteiger partial charge in [-0.05, 0) is 19.8 Å². The number of hydroxylamine groups is 2. The molecule has 0 radical (unpaired) electrons. The highest BCUT2D eigenvalue weighted by molar-refractivity contribution is 7.62. The van der Waals surface area contributed by atoms with Crippen molar-refractivity contribution in [3.05, 3.63) is 0 Å². The van der Waals surface area contributed by atoms with Crippen molar-refractivity contribution in [1.29, 1.82) is 0 Å². The molecule has 1 atom stereocenters. The van der Waals surface area contributed by atoms with Gasteiger partial charge in [0, 0.05) is 13.0 Å². The molecule has 16 heavy (non-hydrogen) atoms. The lowest BCUT2D eigenvalue weighted by atomic mass is 10.3. The van der Waals surface area contributed by atoms with Crippen LogP contribution in [0.3, 0.4) is 0 Å². The molecule has 1 amide bonds. The van der Waals surface area contributed by atoms with Gasteiger partial charge in [0.1, 0.15) is 13.0 Å². The normalized spacial score (nSPS) is 13.6. The SMILES string of the molecule is CCCC(=O)N(O)CNCC(O)P(C)(C)=O. The van der Waals surface area contributed by atoms with E-state index in [4.69, 9.17) is 0 Å². The number of hydrogen-bond acceptors (Lipinski definition) is 5. The van der Waals surface area contributed by atoms with Crippen molar-refractivity contribution in [3.63, 3.8) is 0 Å². The van der Waals surface area contributed by atoms with E-state index < -0.39 is 13.0 Å². The van der Waals surface area contributed by atoms with Gasteiger partial charge in [-0.25, -0.2) is 5.06 Å². The van der Waals surface area contributed by atoms with Crippen LogP contribution in [-0.2, 0) is 9.36 Å². The topological polar surface area (TPSA) is 89.9 Å². The summed E-state index contributed by atoms with van der Waals surface area (Å²) in [5.41, 5.74) is 0. The van der Waals surface area contributed by atoms with Gasteiger partial charge in [0.15, 0.2) is 0 Å². The van der Waals surface area contributed by atoms with Crippen LogP contribution >= 0.6 is 7.14 Å². The number of amides is 1. The van der Waals surface area contributed by atoms with Gasteiger partial charge in [0.25, 0.3) is 0 Å². The molecule has 6 nitrogen and oxygen atoms in total. The van der Waals surface area contributed by atoms with E-state index in [-0.39, 0.29) is 25.5 Å². The van der Waals surface area contributed by atoms with Gasteiger partial charge in [0.05, 0.1) is 6.67 Å². The van der Waals surface area contributed by atoms with E-state index in [1.807, 2.05) is 6.92 Å². The molecule has 0 aromatic heterocycles. The van der Waals surface area contributed by atoms with E-state index in [2.05, 4.69) is 5.32 Å². The molecule has 0 spiro atoms. The van der Waals surface area contributed by atoms with Crippen LogP contribution in [0.25, 0.3) is 0 Å². The monoisotopic (exact) mass is 252 g/mol. The van der Waals surface area contributed by atoms with Gasteiger partial charge < -0.3 is 9.67 Å². The Kier molecular flexibility index (Phi) is 6.83. The van der Waals surface area contributed by atoms with Crippen LogP contribution in [0, 0.1) is 0 Å². The van der Waals surface area contributed by atoms with E-state index in [1.165, 1.54) is 13.3 Å². The molecular formula is C9H21N2O4P. The van der Waals surface area contributed by atoms with Crippen molar-refractivity contribution in [2.75, 3.05) is 26.5 Å². The molecule has 0 fully saturated rings. The second kappa shape index (κ2) is 7.01. The first kappa shape index (κ1) is 15.6. The highest BCUT2D eigenvalue weighted by Crippen LogP contribution is 2.40. The number of nitrogens with zero attached hydrogens (tertiary/aromatic N) is 1. The number of aliphatic hydroxyl groups is 1. The predicted octanol–water partition coefficient (Wildman–Crippen LogP) is 0.492. The summed E-state index contributed by atoms with van der Waals surface area (Å²) >= 11 is 0. The Labute approximate surface area is 96.0 Å². The summed E-state index contributed by atoms with van der Waals surface area (Å²) in [6.07, 6.45) is 0.943. The quantitative estimate of drug-likeness (QED) is 0.265. The summed E-state index contributed by atoms with van der Waals surface area (Å²) in [4.78, 5) is 11.1. The number of carbonyl (C=O) groups excluding carboxylic acids is 1. The smallest absolute Gasteiger partial charge is 0.247 e. The molecule has 96 valence electrons. The Morgan fingerprint density at radius 3 is 2.50 bits per heavy atom. The number of rotatable bonds is 7. The molecule has 0 saturated heterocycles. The van der Waals surface area contributed by atoms with Crippen LogP contribution in [0.1, 0.15) is 19.8 Å². The van der Waals surface area contributed by atoms with Crippen LogP contribution in [-0.4, -0.2) is 53.7 Å². The standard InChI is InChI=1S/C9H21N2O4P/c1-4-5-8(12)11(14)7-10-6-9(13)16(2,3)15/h9-10,13-14H,4-7H2,1-3H3. The zero-order valence-electron chi connectivity index (χ0n) is 10.0. The molecule has 0 aromatic carbocycles. The Bertz CT molecular complexity index is 266. The molecule has 0 aliphatic carbocycles. The Morgan fingerprint density at radius 2 is 2.06 bits per heavy atom. The number of aliphatic hydroxyl groups excluding tert-OH is 1. The van der Waals surface area contributed by atoms with Gasteiger partial charge in [-0.3, -0.25) is 15.3 Å². The molecular weight excluding hydrogens is 231 g/mol. The van der Waals surface area contributed by atoms with Crippen LogP contribution in [0.5, 0.6) is 0 Å². The predicted molar refractivity (Wildman–Crippen MR) is 61.9 cm³/mol. The maximum Gasteiger partial charge on any atom is 0.247 e. The molecule has 3 N–H and O–H groups in total. The van der Waals surface area contributed by atoms with E-state index in [0.717, 1.165) is 0 Å². The summed E-state index contributed by atoms with van der Waals surface area (Å²) in [6.45, 7) is 4.82. The third-order valence-electron chi connectivity index (χ3n) is 2.06. The van der Waals surface area contributed by atoms with Gasteiger partial charge in [-0.15, -0.1) is 0 Å². The molecule has 0 bridgehead atoms. The van der Waals surface area contributed by atoms with Crippen LogP contribution in [0.2, 0.25) is 0 Å². The van der Waals surface area contributed by atoms with E-state index >= 15 is 0 Å². The van der Waals surface area contributed by atoms with Crippen molar-refractivity contribution in [2.45, 2.75) is 25.6 Å². The minimum Gasteiger partial charge on any atom is -0.384 e. The molecule has 0 heterocycles. The summed E-state index contributed by atoms with van der Waals surface area (Å²) in [7, 11) is -2.55. The van der Waals surface area contributed by atoms with Crippen LogP contribution in [0.4, 0.5) is 0 Å². The molecule has 0 rings (SSSR count). The third-order valence-corrected chi connectivity index (χ3v) is 3.68. The summed E-state index contributed by atoms with van der Waals surface area (Å²) in [6, 6.07) is 0. The first-order valence-corrected chi connectivity index (χ1v) is 7.88. The van der Waals surface area contributed by atoms with Crippen molar-refractivity contribution in [3.8, 4) is 0 Å². The first-order chi connectivity index (χ1) is 7.29. The van der Waals surface area contributed by atoms with Gasteiger partial charge in [-0.1, -0.05) is 6.92 Å². The summed E-state index contributed by atoms with van der Waals surface area (Å²) < 4.78 is 11.4. The minimum absolute atomic E-state index is 0.0735. The molecule has 0 saturated carbocycles. The van der Waals surface area contributed by atoms with Crippen LogP contribution < -0.4 is 5.32 Å². The van der Waals surface area contributed by atoms with Gasteiger partial charge in [-0.2, -0.15) is 0 Å². The lowest BCUT2D eigenvalue weighted by Crippen LogP contribution is -2.39. The fourth-order valence-corrected chi connectivity index (χ4v) is 1.52. The number of nitrogens with one attached hydrogen (secondary N) is 1. The minimum atomic E-state index is -2.55. The van der Waals surface area contributed by atoms with E-state index in [1.54, 1.807) is 0 Å². The average Bonchev–Trinajstić information content (AvgIpc) is 2.16. The first-order valence-electron chi connectivity index (χ1n) is 5.21. The fourth-order valence-electron chi connectivity index (χ4n) is 0.950. The van der Waals surface area contributed by atoms with Crippen molar-refractivity contribution in [2.24, 2.45) is 0 Å². The Hall–Kier alpha value is -0.420. The Morgan fingerprint density at radius 1 is 1.50 bits per heavy atom. The highest BCUT2D eigenvalue weighted by Gasteiger charge is 2.20. The fraction of sp³-hybridized carbons (Fsp3) is 0.889. The molecule has 0 aliphatic rings. The largest absolute Gasteiger partial charge is 0.384 e. The average molecular weight is 252 g/mol. The number of hydrogen-bond donors (Lipinski definition) is 3. The van der Waals surface area contributed by atoms with Crippen LogP contribution in [0.15, 0.2) is 0 Å². The number of carbonyl (C=O) groups is 1. The van der Waals surface area contributed by atoms with Crippen molar-refractivity contribution in [1.82, 2.24) is 10.4 Å². The lowest BCUT2D eigenvalue weighted by molar-refractivity contribution is -0.167. The summed E-state index contributed by atoms with van der Waals surface area (Å²) in [5, 5.41) is 21.9. The van der Waals surface area contributed by atoms with Gasteiger partial charge in [0.2, 0.25) is 5.91 Å². The molecule has 0 aliphatic heterocycles. The molecule has 7 heteroatoms. The zero-order chi connectivity index (χ0) is 12.8. The van der Waals surface area contributed by atoms with E-state index in [0.29, 0.717) is 11.5 Å². The maximum atomic E-state index is 11.4. The van der Waals surface area contributed by atoms with Crippen molar-refractivity contribution >= 4 is 13.0 Å². The highest BCUT2D eigenvalue weighted by atomic mass is 31.2. The molecule has 0 aromatic rings. The zero-order valence-corrected chi connectivity index (χ0v) is 10.9. The maximum absolute atomic E-state index is 11.4.